The van der Waals surface area contributed by atoms with Crippen molar-refractivity contribution < 1.29 is 23.1 Å². The van der Waals surface area contributed by atoms with Gasteiger partial charge in [0.2, 0.25) is 0 Å². The lowest BCUT2D eigenvalue weighted by Crippen LogP contribution is -2.24. The van der Waals surface area contributed by atoms with Crippen LogP contribution < -0.4 is 5.32 Å². The molecule has 98 valence electrons. The van der Waals surface area contributed by atoms with Gasteiger partial charge in [-0.3, -0.25) is 4.79 Å². The van der Waals surface area contributed by atoms with Crippen LogP contribution in [0.2, 0.25) is 0 Å². The average molecular weight is 277 g/mol. The monoisotopic (exact) mass is 277 g/mol. The lowest BCUT2D eigenvalue weighted by molar-refractivity contribution is -0.138. The van der Waals surface area contributed by atoms with E-state index in [2.05, 4.69) is 5.32 Å². The Bertz CT molecular complexity index is 476. The van der Waals surface area contributed by atoms with Crippen molar-refractivity contribution in [2.24, 2.45) is 0 Å². The highest BCUT2D eigenvalue weighted by Gasteiger charge is 2.31. The normalized spacial score (nSPS) is 19.6. The molecule has 2 N–H and O–H groups in total. The third-order valence-corrected chi connectivity index (χ3v) is 3.87. The molecule has 1 aromatic rings. The van der Waals surface area contributed by atoms with Gasteiger partial charge in [-0.25, -0.2) is 0 Å². The van der Waals surface area contributed by atoms with Crippen LogP contribution in [0.25, 0.3) is 0 Å². The first kappa shape index (κ1) is 13.1. The van der Waals surface area contributed by atoms with E-state index in [1.54, 1.807) is 0 Å². The highest BCUT2D eigenvalue weighted by molar-refractivity contribution is 7.99. The van der Waals surface area contributed by atoms with E-state index < -0.39 is 23.0 Å². The topological polar surface area (TPSA) is 49.3 Å². The van der Waals surface area contributed by atoms with Gasteiger partial charge in [0.1, 0.15) is 5.25 Å². The van der Waals surface area contributed by atoms with E-state index in [4.69, 9.17) is 5.11 Å². The quantitative estimate of drug-likeness (QED) is 0.828. The minimum Gasteiger partial charge on any atom is -0.480 e. The molecule has 1 aromatic carbocycles. The largest absolute Gasteiger partial charge is 0.480 e. The van der Waals surface area contributed by atoms with Crippen LogP contribution in [0.4, 0.5) is 18.9 Å². The molecular formula is C11H10F3NO2S. The molecule has 0 radical (unpaired) electrons. The Morgan fingerprint density at radius 2 is 2.17 bits per heavy atom. The summed E-state index contributed by atoms with van der Waals surface area (Å²) in [6.07, 6.45) is -4.38. The summed E-state index contributed by atoms with van der Waals surface area (Å²) in [5.74, 6) is -0.709. The van der Waals surface area contributed by atoms with E-state index in [-0.39, 0.29) is 12.3 Å². The maximum Gasteiger partial charge on any atom is 0.416 e. The Labute approximate surface area is 105 Å². The molecule has 0 bridgehead atoms. The molecule has 0 fully saturated rings. The summed E-state index contributed by atoms with van der Waals surface area (Å²) in [6, 6.07) is 3.42. The van der Waals surface area contributed by atoms with Crippen molar-refractivity contribution in [1.29, 1.82) is 0 Å². The second-order valence-corrected chi connectivity index (χ2v) is 5.08. The fourth-order valence-corrected chi connectivity index (χ4v) is 2.64. The number of benzene rings is 1. The molecule has 0 amide bonds. The lowest BCUT2D eigenvalue weighted by Gasteiger charge is -2.11. The van der Waals surface area contributed by atoms with Crippen LogP contribution in [0.5, 0.6) is 0 Å². The summed E-state index contributed by atoms with van der Waals surface area (Å²) in [4.78, 5) is 10.8. The Balaban J connectivity index is 2.26. The SMILES string of the molecule is O=C(O)[C@H]1CNc2ccc(C(F)(F)F)cc2CS1. The Kier molecular flexibility index (Phi) is 3.43. The van der Waals surface area contributed by atoms with Crippen molar-refractivity contribution in [2.75, 3.05) is 11.9 Å². The molecule has 0 saturated heterocycles. The van der Waals surface area contributed by atoms with Gasteiger partial charge < -0.3 is 10.4 Å². The second kappa shape index (κ2) is 4.72. The third kappa shape index (κ3) is 2.72. The summed E-state index contributed by atoms with van der Waals surface area (Å²) in [5.41, 5.74) is 0.343. The zero-order valence-corrected chi connectivity index (χ0v) is 9.94. The van der Waals surface area contributed by atoms with Crippen LogP contribution in [0.1, 0.15) is 11.1 Å². The van der Waals surface area contributed by atoms with Crippen LogP contribution in [0, 0.1) is 0 Å². The van der Waals surface area contributed by atoms with E-state index in [0.29, 0.717) is 11.3 Å². The fourth-order valence-electron chi connectivity index (χ4n) is 1.67. The van der Waals surface area contributed by atoms with Crippen molar-refractivity contribution in [1.82, 2.24) is 0 Å². The summed E-state index contributed by atoms with van der Waals surface area (Å²) >= 11 is 1.12. The summed E-state index contributed by atoms with van der Waals surface area (Å²) < 4.78 is 37.6. The number of carboxylic acids is 1. The summed E-state index contributed by atoms with van der Waals surface area (Å²) in [6.45, 7) is 0.207. The molecule has 0 aromatic heterocycles. The maximum atomic E-state index is 12.5. The van der Waals surface area contributed by atoms with Crippen LogP contribution in [0.15, 0.2) is 18.2 Å². The molecule has 1 heterocycles. The number of carboxylic acid groups (broad SMARTS) is 1. The van der Waals surface area contributed by atoms with Crippen molar-refractivity contribution in [3.8, 4) is 0 Å². The van der Waals surface area contributed by atoms with Crippen LogP contribution in [-0.2, 0) is 16.7 Å². The lowest BCUT2D eigenvalue weighted by atomic mass is 10.1. The third-order valence-electron chi connectivity index (χ3n) is 2.63. The first-order valence-corrected chi connectivity index (χ1v) is 6.21. The van der Waals surface area contributed by atoms with E-state index in [0.717, 1.165) is 23.9 Å². The molecule has 1 atom stereocenters. The molecule has 3 nitrogen and oxygen atoms in total. The van der Waals surface area contributed by atoms with Gasteiger partial charge in [0.15, 0.2) is 0 Å². The number of aliphatic carboxylic acids is 1. The summed E-state index contributed by atoms with van der Waals surface area (Å²) in [5, 5.41) is 11.1. The predicted molar refractivity (Wildman–Crippen MR) is 62.7 cm³/mol. The molecule has 1 aliphatic rings. The number of alkyl halides is 3. The van der Waals surface area contributed by atoms with Gasteiger partial charge in [0.25, 0.3) is 0 Å². The summed E-state index contributed by atoms with van der Waals surface area (Å²) in [7, 11) is 0. The molecule has 18 heavy (non-hydrogen) atoms. The number of rotatable bonds is 1. The second-order valence-electron chi connectivity index (χ2n) is 3.89. The number of carbonyl (C=O) groups is 1. The average Bonchev–Trinajstić information content (AvgIpc) is 2.48. The van der Waals surface area contributed by atoms with E-state index in [1.165, 1.54) is 6.07 Å². The van der Waals surface area contributed by atoms with Crippen molar-refractivity contribution in [3.63, 3.8) is 0 Å². The molecule has 0 spiro atoms. The van der Waals surface area contributed by atoms with E-state index in [9.17, 15) is 18.0 Å². The number of hydrogen-bond acceptors (Lipinski definition) is 3. The van der Waals surface area contributed by atoms with E-state index >= 15 is 0 Å². The minimum absolute atomic E-state index is 0.207. The molecule has 7 heteroatoms. The predicted octanol–water partition coefficient (Wildman–Crippen LogP) is 2.82. The number of hydrogen-bond donors (Lipinski definition) is 2. The van der Waals surface area contributed by atoms with Gasteiger partial charge in [-0.15, -0.1) is 11.8 Å². The van der Waals surface area contributed by atoms with Gasteiger partial charge in [-0.1, -0.05) is 0 Å². The number of thioether (sulfide) groups is 1. The zero-order valence-electron chi connectivity index (χ0n) is 9.12. The number of anilines is 1. The Hall–Kier alpha value is -1.37. The van der Waals surface area contributed by atoms with Crippen LogP contribution >= 0.6 is 11.8 Å². The standard InChI is InChI=1S/C11H10F3NO2S/c12-11(13,14)7-1-2-8-6(3-7)5-18-9(4-15-8)10(16)17/h1-3,9,15H,4-5H2,(H,16,17)/t9-/m1/s1. The molecular weight excluding hydrogens is 267 g/mol. The number of nitrogens with one attached hydrogen (secondary N) is 1. The van der Waals surface area contributed by atoms with Gasteiger partial charge >= 0.3 is 12.1 Å². The maximum absolute atomic E-state index is 12.5. The molecule has 0 unspecified atom stereocenters. The first-order valence-electron chi connectivity index (χ1n) is 5.16. The Morgan fingerprint density at radius 1 is 1.44 bits per heavy atom. The zero-order chi connectivity index (χ0) is 13.3. The van der Waals surface area contributed by atoms with Crippen LogP contribution in [0.3, 0.4) is 0 Å². The van der Waals surface area contributed by atoms with Crippen molar-refractivity contribution >= 4 is 23.4 Å². The number of fused-ring (bicyclic) bond motifs is 1. The molecule has 0 saturated carbocycles. The highest BCUT2D eigenvalue weighted by atomic mass is 32.2. The molecule has 1 aliphatic heterocycles. The van der Waals surface area contributed by atoms with Crippen molar-refractivity contribution in [3.05, 3.63) is 29.3 Å². The smallest absolute Gasteiger partial charge is 0.416 e. The van der Waals surface area contributed by atoms with Gasteiger partial charge in [-0.05, 0) is 23.8 Å². The van der Waals surface area contributed by atoms with E-state index in [1.807, 2.05) is 0 Å². The minimum atomic E-state index is -4.38. The van der Waals surface area contributed by atoms with Crippen molar-refractivity contribution in [2.45, 2.75) is 17.2 Å². The first-order chi connectivity index (χ1) is 8.38. The fraction of sp³-hybridized carbons (Fsp3) is 0.364. The van der Waals surface area contributed by atoms with Gasteiger partial charge in [0, 0.05) is 18.0 Å². The molecule has 2 rings (SSSR count). The van der Waals surface area contributed by atoms with Crippen LogP contribution in [-0.4, -0.2) is 22.9 Å². The molecule has 0 aliphatic carbocycles. The highest BCUT2D eigenvalue weighted by Crippen LogP contribution is 2.35. The Morgan fingerprint density at radius 3 is 2.78 bits per heavy atom. The number of halogens is 3. The van der Waals surface area contributed by atoms with Gasteiger partial charge in [-0.2, -0.15) is 13.2 Å². The van der Waals surface area contributed by atoms with Gasteiger partial charge in [0.05, 0.1) is 5.56 Å².